The van der Waals surface area contributed by atoms with Crippen molar-refractivity contribution in [2.45, 2.75) is 25.3 Å². The van der Waals surface area contributed by atoms with E-state index in [1.165, 1.54) is 21.2 Å². The third-order valence-corrected chi connectivity index (χ3v) is 5.00. The van der Waals surface area contributed by atoms with Crippen LogP contribution in [0.3, 0.4) is 0 Å². The highest BCUT2D eigenvalue weighted by atomic mass is 32.1. The molecule has 3 aromatic rings. The molecule has 2 unspecified atom stereocenters. The van der Waals surface area contributed by atoms with E-state index in [9.17, 15) is 0 Å². The Morgan fingerprint density at radius 1 is 1.00 bits per heavy atom. The van der Waals surface area contributed by atoms with Gasteiger partial charge in [0.05, 0.1) is 0 Å². The van der Waals surface area contributed by atoms with E-state index in [1.807, 2.05) is 17.4 Å². The minimum absolute atomic E-state index is 0.149. The van der Waals surface area contributed by atoms with E-state index in [-0.39, 0.29) is 6.04 Å². The Morgan fingerprint density at radius 3 is 2.50 bits per heavy atom. The zero-order valence-electron chi connectivity index (χ0n) is 11.6. The van der Waals surface area contributed by atoms with Gasteiger partial charge >= 0.3 is 0 Å². The van der Waals surface area contributed by atoms with E-state index in [4.69, 9.17) is 5.73 Å². The third kappa shape index (κ3) is 2.62. The summed E-state index contributed by atoms with van der Waals surface area (Å²) in [5, 5.41) is 3.61. The fourth-order valence-electron chi connectivity index (χ4n) is 2.63. The molecule has 1 heterocycles. The van der Waals surface area contributed by atoms with Crippen molar-refractivity contribution in [3.63, 3.8) is 0 Å². The summed E-state index contributed by atoms with van der Waals surface area (Å²) in [5.74, 6) is 0.370. The van der Waals surface area contributed by atoms with E-state index in [1.54, 1.807) is 0 Å². The molecule has 3 rings (SSSR count). The average Bonchev–Trinajstić information content (AvgIpc) is 2.91. The predicted octanol–water partition coefficient (Wildman–Crippen LogP) is 4.57. The number of hydrogen-bond donors (Lipinski definition) is 1. The summed E-state index contributed by atoms with van der Waals surface area (Å²) in [6, 6.07) is 19.3. The molecule has 1 nitrogen and oxygen atoms in total. The molecule has 0 aliphatic heterocycles. The quantitative estimate of drug-likeness (QED) is 0.744. The van der Waals surface area contributed by atoms with Crippen LogP contribution in [0.2, 0.25) is 0 Å². The first-order valence-electron chi connectivity index (χ1n) is 7.01. The highest BCUT2D eigenvalue weighted by molar-refractivity contribution is 7.17. The number of hydrogen-bond acceptors (Lipinski definition) is 2. The lowest BCUT2D eigenvalue weighted by atomic mass is 9.90. The Kier molecular flexibility index (Phi) is 3.86. The van der Waals surface area contributed by atoms with Crippen molar-refractivity contribution in [1.82, 2.24) is 0 Å². The molecule has 1 aromatic heterocycles. The highest BCUT2D eigenvalue weighted by Gasteiger charge is 2.16. The van der Waals surface area contributed by atoms with Gasteiger partial charge in [0.2, 0.25) is 0 Å². The van der Waals surface area contributed by atoms with Gasteiger partial charge in [0.15, 0.2) is 0 Å². The fourth-order valence-corrected chi connectivity index (χ4v) is 3.60. The first-order valence-corrected chi connectivity index (χ1v) is 7.89. The van der Waals surface area contributed by atoms with E-state index < -0.39 is 0 Å². The number of benzene rings is 2. The largest absolute Gasteiger partial charge is 0.327 e. The van der Waals surface area contributed by atoms with Crippen molar-refractivity contribution < 1.29 is 0 Å². The van der Waals surface area contributed by atoms with Crippen molar-refractivity contribution in [2.24, 2.45) is 5.73 Å². The smallest absolute Gasteiger partial charge is 0.0345 e. The number of nitrogens with two attached hydrogens (primary N) is 1. The lowest BCUT2D eigenvalue weighted by Gasteiger charge is -2.20. The highest BCUT2D eigenvalue weighted by Crippen LogP contribution is 2.28. The van der Waals surface area contributed by atoms with E-state index in [0.29, 0.717) is 5.92 Å². The van der Waals surface area contributed by atoms with Gasteiger partial charge < -0.3 is 5.73 Å². The molecular weight excluding hydrogens is 262 g/mol. The van der Waals surface area contributed by atoms with Crippen molar-refractivity contribution in [2.75, 3.05) is 0 Å². The normalized spacial score (nSPS) is 14.3. The van der Waals surface area contributed by atoms with Crippen molar-refractivity contribution >= 4 is 21.4 Å². The first-order chi connectivity index (χ1) is 9.75. The van der Waals surface area contributed by atoms with Gasteiger partial charge in [-0.25, -0.2) is 0 Å². The minimum atomic E-state index is 0.149. The van der Waals surface area contributed by atoms with Crippen LogP contribution in [0, 0.1) is 0 Å². The number of thiophene rings is 1. The van der Waals surface area contributed by atoms with Crippen molar-refractivity contribution in [1.29, 1.82) is 0 Å². The van der Waals surface area contributed by atoms with Crippen LogP contribution < -0.4 is 5.73 Å². The van der Waals surface area contributed by atoms with Crippen LogP contribution in [0.5, 0.6) is 0 Å². The molecule has 2 heteroatoms. The van der Waals surface area contributed by atoms with Crippen LogP contribution in [0.25, 0.3) is 10.1 Å². The molecule has 2 aromatic carbocycles. The monoisotopic (exact) mass is 281 g/mol. The van der Waals surface area contributed by atoms with Gasteiger partial charge in [-0.2, -0.15) is 0 Å². The standard InChI is InChI=1S/C18H19NS/c1-13(14-7-3-2-4-8-14)17(19)11-15-12-20-18-10-6-5-9-16(15)18/h2-10,12-13,17H,11,19H2,1H3. The molecule has 0 aliphatic carbocycles. The molecule has 0 saturated carbocycles. The second-order valence-electron chi connectivity index (χ2n) is 5.32. The molecule has 0 bridgehead atoms. The van der Waals surface area contributed by atoms with Crippen LogP contribution in [-0.2, 0) is 6.42 Å². The van der Waals surface area contributed by atoms with E-state index >= 15 is 0 Å². The molecule has 2 atom stereocenters. The maximum atomic E-state index is 6.44. The Balaban J connectivity index is 1.80. The molecule has 2 N–H and O–H groups in total. The van der Waals surface area contributed by atoms with E-state index in [0.717, 1.165) is 6.42 Å². The van der Waals surface area contributed by atoms with Gasteiger partial charge in [-0.15, -0.1) is 11.3 Å². The Labute approximate surface area is 124 Å². The summed E-state index contributed by atoms with van der Waals surface area (Å²) in [7, 11) is 0. The first kappa shape index (κ1) is 13.3. The predicted molar refractivity (Wildman–Crippen MR) is 88.4 cm³/mol. The van der Waals surface area contributed by atoms with Gasteiger partial charge in [-0.3, -0.25) is 0 Å². The molecular formula is C18H19NS. The summed E-state index contributed by atoms with van der Waals surface area (Å²) in [4.78, 5) is 0. The van der Waals surface area contributed by atoms with Crippen LogP contribution in [0.4, 0.5) is 0 Å². The van der Waals surface area contributed by atoms with E-state index in [2.05, 4.69) is 60.8 Å². The van der Waals surface area contributed by atoms with Crippen molar-refractivity contribution in [3.05, 3.63) is 71.1 Å². The zero-order chi connectivity index (χ0) is 13.9. The Hall–Kier alpha value is -1.64. The average molecular weight is 281 g/mol. The molecule has 0 spiro atoms. The molecule has 102 valence electrons. The Morgan fingerprint density at radius 2 is 1.70 bits per heavy atom. The maximum Gasteiger partial charge on any atom is 0.0345 e. The Bertz CT molecular complexity index is 687. The zero-order valence-corrected chi connectivity index (χ0v) is 12.4. The van der Waals surface area contributed by atoms with Gasteiger partial charge in [0, 0.05) is 10.7 Å². The van der Waals surface area contributed by atoms with Crippen LogP contribution in [-0.4, -0.2) is 6.04 Å². The molecule has 20 heavy (non-hydrogen) atoms. The summed E-state index contributed by atoms with van der Waals surface area (Å²) in [5.41, 5.74) is 9.13. The van der Waals surface area contributed by atoms with Crippen LogP contribution >= 0.6 is 11.3 Å². The molecule has 0 radical (unpaired) electrons. The second-order valence-corrected chi connectivity index (χ2v) is 6.24. The topological polar surface area (TPSA) is 26.0 Å². The minimum Gasteiger partial charge on any atom is -0.327 e. The summed E-state index contributed by atoms with van der Waals surface area (Å²) < 4.78 is 1.35. The van der Waals surface area contributed by atoms with Gasteiger partial charge in [0.1, 0.15) is 0 Å². The molecule has 0 fully saturated rings. The molecule has 0 aliphatic rings. The van der Waals surface area contributed by atoms with Crippen molar-refractivity contribution in [3.8, 4) is 0 Å². The summed E-state index contributed by atoms with van der Waals surface area (Å²) in [6.45, 7) is 2.22. The lowest BCUT2D eigenvalue weighted by Crippen LogP contribution is -2.29. The molecule has 0 amide bonds. The fraction of sp³-hybridized carbons (Fsp3) is 0.222. The van der Waals surface area contributed by atoms with Crippen LogP contribution in [0.1, 0.15) is 24.0 Å². The number of rotatable bonds is 4. The summed E-state index contributed by atoms with van der Waals surface area (Å²) >= 11 is 1.81. The van der Waals surface area contributed by atoms with Gasteiger partial charge in [0.25, 0.3) is 0 Å². The van der Waals surface area contributed by atoms with Crippen LogP contribution in [0.15, 0.2) is 60.0 Å². The summed E-state index contributed by atoms with van der Waals surface area (Å²) in [6.07, 6.45) is 0.931. The third-order valence-electron chi connectivity index (χ3n) is 3.98. The second kappa shape index (κ2) is 5.78. The molecule has 0 saturated heterocycles. The maximum absolute atomic E-state index is 6.44. The number of fused-ring (bicyclic) bond motifs is 1. The SMILES string of the molecule is CC(c1ccccc1)C(N)Cc1csc2ccccc12. The van der Waals surface area contributed by atoms with Gasteiger partial charge in [-0.1, -0.05) is 55.5 Å². The lowest BCUT2D eigenvalue weighted by molar-refractivity contribution is 0.566. The van der Waals surface area contributed by atoms with Gasteiger partial charge in [-0.05, 0) is 40.3 Å².